The summed E-state index contributed by atoms with van der Waals surface area (Å²) in [6.45, 7) is 17.3. The van der Waals surface area contributed by atoms with Crippen molar-refractivity contribution in [3.63, 3.8) is 0 Å². The molecule has 1 atom stereocenters. The molecule has 0 aliphatic carbocycles. The number of amides is 1. The first-order valence-electron chi connectivity index (χ1n) is 9.23. The van der Waals surface area contributed by atoms with Gasteiger partial charge in [-0.15, -0.1) is 0 Å². The predicted molar refractivity (Wildman–Crippen MR) is 115 cm³/mol. The summed E-state index contributed by atoms with van der Waals surface area (Å²) in [4.78, 5) is 20.9. The Morgan fingerprint density at radius 3 is 1.54 bits per heavy atom. The van der Waals surface area contributed by atoms with Gasteiger partial charge < -0.3 is 30.4 Å². The third kappa shape index (κ3) is 102. The van der Waals surface area contributed by atoms with Crippen molar-refractivity contribution in [2.45, 2.75) is 66.6 Å². The van der Waals surface area contributed by atoms with Gasteiger partial charge in [0.1, 0.15) is 19.3 Å². The lowest BCUT2D eigenvalue weighted by atomic mass is 10.4. The number of esters is 1. The Balaban J connectivity index is -0.0000000844. The lowest BCUT2D eigenvalue weighted by Gasteiger charge is -2.05. The van der Waals surface area contributed by atoms with Gasteiger partial charge >= 0.3 is 5.97 Å². The Morgan fingerprint density at radius 1 is 1.00 bits per heavy atom. The standard InChI is InChI=1S/C6H13NO2.C5H10O3.C3H9N.C3H8N.C2H6O/c1-5(2)7-6(8)4-9-3;1-3-8-5(6)4-7-2;2*1-3(2)4;1-2-3/h5H,4H2,1-3H3,(H,7,8);3-4H2,1-2H3;3H,4H2,1-2H3;3H,1,4H2,2H3;3H,2H2,1H3/q;;;+1;/t;;;3-;/m...0./s1. The van der Waals surface area contributed by atoms with Gasteiger partial charge in [0.05, 0.1) is 13.5 Å². The van der Waals surface area contributed by atoms with E-state index in [0.717, 1.165) is 0 Å². The number of aliphatic hydroxyl groups excluding tert-OH is 1. The molecule has 6 N–H and O–H groups in total. The molecule has 0 aliphatic heterocycles. The van der Waals surface area contributed by atoms with Crippen LogP contribution in [0.3, 0.4) is 0 Å². The lowest BCUT2D eigenvalue weighted by Crippen LogP contribution is -2.32. The van der Waals surface area contributed by atoms with Gasteiger partial charge in [-0.25, -0.2) is 4.79 Å². The third-order valence-electron chi connectivity index (χ3n) is 1.29. The number of hydrogen-bond acceptors (Lipinski definition) is 8. The Kier molecular flexibility index (Phi) is 44.3. The smallest absolute Gasteiger partial charge is 0.332 e. The number of nitrogens with two attached hydrogens (primary N) is 2. The quantitative estimate of drug-likeness (QED) is 0.371. The molecule has 0 heterocycles. The fraction of sp³-hybridized carbons (Fsp3) is 0.842. The predicted octanol–water partition coefficient (Wildman–Crippen LogP) is 0.873. The van der Waals surface area contributed by atoms with E-state index in [1.807, 2.05) is 34.6 Å². The minimum Gasteiger partial charge on any atom is -0.464 e. The number of aliphatic hydroxyl groups is 1. The summed E-state index contributed by atoms with van der Waals surface area (Å²) >= 11 is 0. The highest BCUT2D eigenvalue weighted by Gasteiger charge is 1.99. The van der Waals surface area contributed by atoms with E-state index in [0.29, 0.717) is 12.6 Å². The van der Waals surface area contributed by atoms with Gasteiger partial charge in [-0.05, 0) is 40.7 Å². The van der Waals surface area contributed by atoms with Crippen LogP contribution >= 0.6 is 0 Å². The molecule has 0 aromatic rings. The molecular weight excluding hydrogens is 366 g/mol. The number of carbonyl (C=O) groups excluding carboxylic acids is 2. The molecule has 0 saturated heterocycles. The van der Waals surface area contributed by atoms with Gasteiger partial charge in [-0.3, -0.25) is 10.5 Å². The number of carbonyl (C=O) groups is 2. The highest BCUT2D eigenvalue weighted by Crippen LogP contribution is 1.77. The summed E-state index contributed by atoms with van der Waals surface area (Å²) in [5.74, 6) is -0.373. The minimum absolute atomic E-state index is 0.0494. The van der Waals surface area contributed by atoms with Crippen LogP contribution in [0, 0.1) is 6.92 Å². The van der Waals surface area contributed by atoms with Gasteiger partial charge in [0.15, 0.2) is 0 Å². The van der Waals surface area contributed by atoms with E-state index in [1.54, 1.807) is 13.8 Å². The van der Waals surface area contributed by atoms with Crippen LogP contribution < -0.4 is 16.8 Å². The molecule has 0 unspecified atom stereocenters. The summed E-state index contributed by atoms with van der Waals surface area (Å²) in [5.41, 5.74) is 10.1. The van der Waals surface area contributed by atoms with Gasteiger partial charge in [0.2, 0.25) is 5.91 Å². The van der Waals surface area contributed by atoms with Crippen molar-refractivity contribution < 1.29 is 28.9 Å². The van der Waals surface area contributed by atoms with E-state index in [4.69, 9.17) is 16.6 Å². The molecule has 0 aromatic carbocycles. The van der Waals surface area contributed by atoms with E-state index in [1.165, 1.54) is 14.2 Å². The molecule has 0 radical (unpaired) electrons. The number of hydrogen-bond donors (Lipinski definition) is 4. The normalized spacial score (nSPS) is 9.79. The summed E-state index contributed by atoms with van der Waals surface area (Å²) in [6.07, 6.45) is 0. The maximum atomic E-state index is 10.6. The molecule has 0 bridgehead atoms. The van der Waals surface area contributed by atoms with Crippen molar-refractivity contribution >= 4 is 11.9 Å². The number of ether oxygens (including phenoxy) is 3. The van der Waals surface area contributed by atoms with E-state index < -0.39 is 0 Å². The second kappa shape index (κ2) is 33.2. The summed E-state index contributed by atoms with van der Waals surface area (Å²) in [6, 6.07) is 0.618. The number of rotatable bonds is 6. The summed E-state index contributed by atoms with van der Waals surface area (Å²) in [7, 11) is 2.96. The SMILES string of the molecule is CC(C)N.CCO.CCOC(=O)COC.COCC(=O)NC(C)C.[CH2+][C@@H](C)N. The van der Waals surface area contributed by atoms with Gasteiger partial charge in [-0.2, -0.15) is 0 Å². The van der Waals surface area contributed by atoms with Crippen molar-refractivity contribution in [1.29, 1.82) is 0 Å². The Hall–Kier alpha value is -1.39. The number of nitrogens with one attached hydrogen (secondary N) is 1. The molecule has 172 valence electrons. The first-order valence-corrected chi connectivity index (χ1v) is 9.23. The first kappa shape index (κ1) is 37.4. The number of methoxy groups -OCH3 is 2. The highest BCUT2D eigenvalue weighted by atomic mass is 16.6. The molecule has 0 saturated carbocycles. The molecule has 0 spiro atoms. The van der Waals surface area contributed by atoms with Crippen molar-refractivity contribution in [2.24, 2.45) is 11.5 Å². The zero-order valence-corrected chi connectivity index (χ0v) is 19.4. The van der Waals surface area contributed by atoms with E-state index in [9.17, 15) is 9.59 Å². The monoisotopic (exact) mass is 412 g/mol. The molecule has 0 fully saturated rings. The zero-order chi connectivity index (χ0) is 23.5. The maximum absolute atomic E-state index is 10.6. The minimum atomic E-state index is -0.310. The Morgan fingerprint density at radius 2 is 1.32 bits per heavy atom. The van der Waals surface area contributed by atoms with Crippen molar-refractivity contribution in [1.82, 2.24) is 5.32 Å². The van der Waals surface area contributed by atoms with Crippen molar-refractivity contribution in [3.8, 4) is 0 Å². The molecule has 1 amide bonds. The van der Waals surface area contributed by atoms with Crippen LogP contribution in [0.4, 0.5) is 0 Å². The van der Waals surface area contributed by atoms with Gasteiger partial charge in [0, 0.05) is 26.9 Å². The van der Waals surface area contributed by atoms with Crippen LogP contribution in [0.5, 0.6) is 0 Å². The largest absolute Gasteiger partial charge is 0.464 e. The van der Waals surface area contributed by atoms with Crippen LogP contribution in [0.1, 0.15) is 48.5 Å². The average Bonchev–Trinajstić information content (AvgIpc) is 2.47. The van der Waals surface area contributed by atoms with Crippen molar-refractivity contribution in [2.75, 3.05) is 40.6 Å². The van der Waals surface area contributed by atoms with E-state index in [2.05, 4.69) is 26.5 Å². The second-order valence-electron chi connectivity index (χ2n) is 5.93. The molecule has 9 heteroatoms. The van der Waals surface area contributed by atoms with Crippen LogP contribution in [0.15, 0.2) is 0 Å². The topological polar surface area (TPSA) is 146 Å². The zero-order valence-electron chi connectivity index (χ0n) is 19.4. The molecule has 28 heavy (non-hydrogen) atoms. The third-order valence-corrected chi connectivity index (χ3v) is 1.29. The van der Waals surface area contributed by atoms with Crippen LogP contribution in [0.25, 0.3) is 0 Å². The second-order valence-corrected chi connectivity index (χ2v) is 5.93. The fourth-order valence-electron chi connectivity index (χ4n) is 0.815. The summed E-state index contributed by atoms with van der Waals surface area (Å²) < 4.78 is 13.6. The molecular formula is C19H46N3O6+. The van der Waals surface area contributed by atoms with Crippen molar-refractivity contribution in [3.05, 3.63) is 6.92 Å². The van der Waals surface area contributed by atoms with Gasteiger partial charge in [0.25, 0.3) is 0 Å². The molecule has 0 rings (SSSR count). The Bertz CT molecular complexity index is 282. The molecule has 0 aliphatic rings. The van der Waals surface area contributed by atoms with Gasteiger partial charge in [-0.1, -0.05) is 13.8 Å². The van der Waals surface area contributed by atoms with Crippen LogP contribution in [-0.2, 0) is 23.8 Å². The van der Waals surface area contributed by atoms with Crippen LogP contribution in [0.2, 0.25) is 0 Å². The molecule has 0 aromatic heterocycles. The van der Waals surface area contributed by atoms with E-state index >= 15 is 0 Å². The first-order chi connectivity index (χ1) is 12.9. The average molecular weight is 413 g/mol. The van der Waals surface area contributed by atoms with Crippen LogP contribution in [-0.4, -0.2) is 75.8 Å². The summed E-state index contributed by atoms with van der Waals surface area (Å²) in [5, 5.41) is 10.2. The lowest BCUT2D eigenvalue weighted by molar-refractivity contribution is -0.147. The van der Waals surface area contributed by atoms with E-state index in [-0.39, 0.29) is 43.8 Å². The fourth-order valence-corrected chi connectivity index (χ4v) is 0.815. The maximum Gasteiger partial charge on any atom is 0.332 e. The molecule has 9 nitrogen and oxygen atoms in total. The highest BCUT2D eigenvalue weighted by molar-refractivity contribution is 5.77. The Labute approximate surface area is 172 Å².